The van der Waals surface area contributed by atoms with Crippen molar-refractivity contribution in [2.24, 2.45) is 0 Å². The van der Waals surface area contributed by atoms with Crippen LogP contribution in [-0.4, -0.2) is 43.0 Å². The largest absolute Gasteiger partial charge is 0.375 e. The number of rotatable bonds is 2. The topological polar surface area (TPSA) is 85.5 Å². The summed E-state index contributed by atoms with van der Waals surface area (Å²) in [6.45, 7) is 4.45. The number of aromatic nitrogens is 1. The minimum atomic E-state index is -3.48. The van der Waals surface area contributed by atoms with Gasteiger partial charge >= 0.3 is 0 Å². The van der Waals surface area contributed by atoms with E-state index in [0.717, 1.165) is 11.3 Å². The first-order chi connectivity index (χ1) is 7.89. The molecule has 0 radical (unpaired) electrons. The highest BCUT2D eigenvalue weighted by Gasteiger charge is 2.33. The molecule has 1 saturated heterocycles. The first-order valence-electron chi connectivity index (χ1n) is 5.26. The van der Waals surface area contributed by atoms with E-state index in [2.05, 4.69) is 4.98 Å². The average molecular weight is 277 g/mol. The Bertz CT molecular complexity index is 489. The van der Waals surface area contributed by atoms with Crippen molar-refractivity contribution in [3.63, 3.8) is 0 Å². The summed E-state index contributed by atoms with van der Waals surface area (Å²) >= 11 is 0.987. The van der Waals surface area contributed by atoms with Gasteiger partial charge in [0.15, 0.2) is 9.34 Å². The molecule has 1 fully saturated rings. The Kier molecular flexibility index (Phi) is 3.39. The van der Waals surface area contributed by atoms with Crippen molar-refractivity contribution >= 4 is 26.5 Å². The molecule has 0 saturated carbocycles. The van der Waals surface area contributed by atoms with Crippen LogP contribution in [0.3, 0.4) is 0 Å². The van der Waals surface area contributed by atoms with Gasteiger partial charge in [-0.15, -0.1) is 0 Å². The zero-order valence-corrected chi connectivity index (χ0v) is 11.3. The van der Waals surface area contributed by atoms with E-state index in [-0.39, 0.29) is 21.5 Å². The molecule has 2 rings (SSSR count). The van der Waals surface area contributed by atoms with Crippen molar-refractivity contribution in [3.05, 3.63) is 6.20 Å². The van der Waals surface area contributed by atoms with Crippen LogP contribution in [0, 0.1) is 0 Å². The zero-order valence-electron chi connectivity index (χ0n) is 9.66. The summed E-state index contributed by atoms with van der Waals surface area (Å²) in [4.78, 5) is 3.78. The van der Waals surface area contributed by atoms with E-state index in [9.17, 15) is 8.42 Å². The van der Waals surface area contributed by atoms with Gasteiger partial charge in [-0.2, -0.15) is 4.31 Å². The second-order valence-electron chi connectivity index (χ2n) is 4.10. The molecule has 8 heteroatoms. The summed E-state index contributed by atoms with van der Waals surface area (Å²) < 4.78 is 31.7. The fraction of sp³-hybridized carbons (Fsp3) is 0.667. The van der Waals surface area contributed by atoms with Crippen molar-refractivity contribution in [2.75, 3.05) is 18.8 Å². The number of hydrogen-bond acceptors (Lipinski definition) is 6. The van der Waals surface area contributed by atoms with Crippen molar-refractivity contribution in [1.82, 2.24) is 9.29 Å². The molecule has 1 aliphatic rings. The first-order valence-corrected chi connectivity index (χ1v) is 7.52. The van der Waals surface area contributed by atoms with Crippen molar-refractivity contribution < 1.29 is 13.2 Å². The molecular weight excluding hydrogens is 262 g/mol. The van der Waals surface area contributed by atoms with Gasteiger partial charge in [0, 0.05) is 13.1 Å². The molecule has 1 aliphatic heterocycles. The van der Waals surface area contributed by atoms with Gasteiger partial charge in [0.05, 0.1) is 18.4 Å². The summed E-state index contributed by atoms with van der Waals surface area (Å²) in [5.74, 6) is 0. The molecule has 0 aliphatic carbocycles. The standard InChI is InChI=1S/C9H15N3O3S2/c1-6-4-12(5-7(2)15-6)17(13,14)8-3-11-9(10)16-8/h3,6-7H,4-5H2,1-2H3,(H2,10,11)/t6-,7-/m1/s1. The summed E-state index contributed by atoms with van der Waals surface area (Å²) in [6, 6.07) is 0. The smallest absolute Gasteiger partial charge is 0.254 e. The predicted molar refractivity (Wildman–Crippen MR) is 65.3 cm³/mol. The minimum Gasteiger partial charge on any atom is -0.375 e. The van der Waals surface area contributed by atoms with Crippen LogP contribution in [-0.2, 0) is 14.8 Å². The normalized spacial score (nSPS) is 27.2. The minimum absolute atomic E-state index is 0.0983. The van der Waals surface area contributed by atoms with Gasteiger partial charge in [-0.25, -0.2) is 13.4 Å². The maximum absolute atomic E-state index is 12.3. The summed E-state index contributed by atoms with van der Waals surface area (Å²) in [5, 5.41) is 0.262. The molecule has 96 valence electrons. The van der Waals surface area contributed by atoms with E-state index >= 15 is 0 Å². The third-order valence-electron chi connectivity index (χ3n) is 2.48. The van der Waals surface area contributed by atoms with Gasteiger partial charge < -0.3 is 10.5 Å². The van der Waals surface area contributed by atoms with E-state index in [1.54, 1.807) is 0 Å². The number of ether oxygens (including phenoxy) is 1. The highest BCUT2D eigenvalue weighted by molar-refractivity contribution is 7.91. The lowest BCUT2D eigenvalue weighted by Gasteiger charge is -2.33. The highest BCUT2D eigenvalue weighted by Crippen LogP contribution is 2.26. The van der Waals surface area contributed by atoms with E-state index in [1.807, 2.05) is 13.8 Å². The van der Waals surface area contributed by atoms with Crippen LogP contribution in [0.5, 0.6) is 0 Å². The molecule has 6 nitrogen and oxygen atoms in total. The van der Waals surface area contributed by atoms with E-state index < -0.39 is 10.0 Å². The SMILES string of the molecule is C[C@@H]1CN(S(=O)(=O)c2cnc(N)s2)C[C@@H](C)O1. The van der Waals surface area contributed by atoms with Crippen LogP contribution in [0.15, 0.2) is 10.4 Å². The number of sulfonamides is 1. The summed E-state index contributed by atoms with van der Waals surface area (Å²) in [5.41, 5.74) is 5.46. The molecule has 0 aromatic carbocycles. The second kappa shape index (κ2) is 4.52. The molecule has 2 atom stereocenters. The quantitative estimate of drug-likeness (QED) is 0.852. The Morgan fingerprint density at radius 1 is 1.47 bits per heavy atom. The number of anilines is 1. The Balaban J connectivity index is 2.26. The lowest BCUT2D eigenvalue weighted by Crippen LogP contribution is -2.47. The fourth-order valence-electron chi connectivity index (χ4n) is 1.85. The average Bonchev–Trinajstić information content (AvgIpc) is 2.64. The molecule has 2 N–H and O–H groups in total. The van der Waals surface area contributed by atoms with Crippen molar-refractivity contribution in [1.29, 1.82) is 0 Å². The van der Waals surface area contributed by atoms with Crippen LogP contribution in [0.1, 0.15) is 13.8 Å². The molecular formula is C9H15N3O3S2. The molecule has 0 bridgehead atoms. The zero-order chi connectivity index (χ0) is 12.6. The maximum atomic E-state index is 12.3. The highest BCUT2D eigenvalue weighted by atomic mass is 32.2. The van der Waals surface area contributed by atoms with Gasteiger partial charge in [-0.05, 0) is 13.8 Å². The Morgan fingerprint density at radius 3 is 2.53 bits per heavy atom. The fourth-order valence-corrected chi connectivity index (χ4v) is 4.51. The third kappa shape index (κ3) is 2.59. The van der Waals surface area contributed by atoms with Crippen LogP contribution >= 0.6 is 11.3 Å². The van der Waals surface area contributed by atoms with Crippen LogP contribution < -0.4 is 5.73 Å². The number of nitrogens with zero attached hydrogens (tertiary/aromatic N) is 2. The van der Waals surface area contributed by atoms with Gasteiger partial charge in [-0.3, -0.25) is 0 Å². The molecule has 2 heterocycles. The van der Waals surface area contributed by atoms with Crippen molar-refractivity contribution in [3.8, 4) is 0 Å². The van der Waals surface area contributed by atoms with Crippen LogP contribution in [0.4, 0.5) is 5.13 Å². The number of nitrogens with two attached hydrogens (primary N) is 1. The number of thiazole rings is 1. The number of nitrogen functional groups attached to an aromatic ring is 1. The third-order valence-corrected chi connectivity index (χ3v) is 5.58. The molecule has 17 heavy (non-hydrogen) atoms. The monoisotopic (exact) mass is 277 g/mol. The van der Waals surface area contributed by atoms with Gasteiger partial charge in [-0.1, -0.05) is 11.3 Å². The van der Waals surface area contributed by atoms with Crippen molar-refractivity contribution in [2.45, 2.75) is 30.3 Å². The first kappa shape index (κ1) is 12.7. The van der Waals surface area contributed by atoms with Gasteiger partial charge in [0.2, 0.25) is 0 Å². The molecule has 0 unspecified atom stereocenters. The second-order valence-corrected chi connectivity index (χ2v) is 7.32. The lowest BCUT2D eigenvalue weighted by atomic mass is 10.3. The molecule has 1 aromatic heterocycles. The predicted octanol–water partition coefficient (Wildman–Crippen LogP) is 0.523. The molecule has 0 amide bonds. The number of morpholine rings is 1. The van der Waals surface area contributed by atoms with Gasteiger partial charge in [0.1, 0.15) is 0 Å². The van der Waals surface area contributed by atoms with Gasteiger partial charge in [0.25, 0.3) is 10.0 Å². The Labute approximate surface area is 104 Å². The summed E-state index contributed by atoms with van der Waals surface area (Å²) in [7, 11) is -3.48. The van der Waals surface area contributed by atoms with E-state index in [0.29, 0.717) is 13.1 Å². The van der Waals surface area contributed by atoms with E-state index in [1.165, 1.54) is 10.5 Å². The van der Waals surface area contributed by atoms with E-state index in [4.69, 9.17) is 10.5 Å². The maximum Gasteiger partial charge on any atom is 0.254 e. The summed E-state index contributed by atoms with van der Waals surface area (Å²) in [6.07, 6.45) is 1.11. The molecule has 1 aromatic rings. The Hall–Kier alpha value is -0.700. The van der Waals surface area contributed by atoms with Crippen LogP contribution in [0.25, 0.3) is 0 Å². The number of hydrogen-bond donors (Lipinski definition) is 1. The lowest BCUT2D eigenvalue weighted by molar-refractivity contribution is -0.0440. The molecule has 0 spiro atoms. The Morgan fingerprint density at radius 2 is 2.06 bits per heavy atom. The van der Waals surface area contributed by atoms with Crippen LogP contribution in [0.2, 0.25) is 0 Å².